The van der Waals surface area contributed by atoms with E-state index in [0.29, 0.717) is 11.7 Å². The lowest BCUT2D eigenvalue weighted by atomic mass is 10.2. The first-order valence-electron chi connectivity index (χ1n) is 7.27. The van der Waals surface area contributed by atoms with Crippen molar-refractivity contribution < 1.29 is 0 Å². The van der Waals surface area contributed by atoms with Crippen LogP contribution in [0.2, 0.25) is 5.15 Å². The van der Waals surface area contributed by atoms with Crippen molar-refractivity contribution in [2.24, 2.45) is 12.0 Å². The summed E-state index contributed by atoms with van der Waals surface area (Å²) in [4.78, 5) is 8.62. The summed E-state index contributed by atoms with van der Waals surface area (Å²) in [6, 6.07) is 3.79. The van der Waals surface area contributed by atoms with Crippen molar-refractivity contribution in [3.8, 4) is 0 Å². The van der Waals surface area contributed by atoms with E-state index in [9.17, 15) is 0 Å². The Kier molecular flexibility index (Phi) is 8.93. The molecule has 0 aliphatic rings. The van der Waals surface area contributed by atoms with E-state index in [1.807, 2.05) is 32.4 Å². The Balaban J connectivity index is 0.00000264. The number of aryl methyl sites for hydroxylation is 1. The lowest BCUT2D eigenvalue weighted by Gasteiger charge is -2.11. The molecule has 0 amide bonds. The Hall–Kier alpha value is -1.35. The normalized spacial score (nSPS) is 11.0. The van der Waals surface area contributed by atoms with Gasteiger partial charge in [0.1, 0.15) is 5.15 Å². The van der Waals surface area contributed by atoms with E-state index < -0.39 is 0 Å². The van der Waals surface area contributed by atoms with E-state index in [2.05, 4.69) is 25.7 Å². The summed E-state index contributed by atoms with van der Waals surface area (Å²) in [6.07, 6.45) is 6.45. The van der Waals surface area contributed by atoms with Gasteiger partial charge in [-0.2, -0.15) is 5.10 Å². The molecule has 2 heterocycles. The summed E-state index contributed by atoms with van der Waals surface area (Å²) < 4.78 is 1.78. The number of nitrogens with zero attached hydrogens (tertiary/aromatic N) is 4. The van der Waals surface area contributed by atoms with Gasteiger partial charge in [-0.05, 0) is 25.0 Å². The molecule has 0 bridgehead atoms. The van der Waals surface area contributed by atoms with Gasteiger partial charge in [-0.25, -0.2) is 9.98 Å². The van der Waals surface area contributed by atoms with Gasteiger partial charge in [-0.1, -0.05) is 17.7 Å². The zero-order chi connectivity index (χ0) is 15.8. The van der Waals surface area contributed by atoms with Crippen LogP contribution in [0.3, 0.4) is 0 Å². The number of aromatic nitrogens is 3. The van der Waals surface area contributed by atoms with Crippen molar-refractivity contribution in [2.45, 2.75) is 19.9 Å². The van der Waals surface area contributed by atoms with Crippen LogP contribution in [0, 0.1) is 0 Å². The predicted octanol–water partition coefficient (Wildman–Crippen LogP) is 2.38. The number of pyridine rings is 1. The molecule has 0 aliphatic carbocycles. The average molecular weight is 449 g/mol. The first-order chi connectivity index (χ1) is 10.7. The molecule has 6 nitrogen and oxygen atoms in total. The Morgan fingerprint density at radius 2 is 2.09 bits per heavy atom. The molecule has 0 saturated carbocycles. The molecule has 0 radical (unpaired) electrons. The van der Waals surface area contributed by atoms with Gasteiger partial charge in [0.2, 0.25) is 0 Å². The Labute approximate surface area is 158 Å². The Bertz CT molecular complexity index is 611. The van der Waals surface area contributed by atoms with Crippen LogP contribution in [-0.2, 0) is 20.0 Å². The van der Waals surface area contributed by atoms with Crippen molar-refractivity contribution in [3.63, 3.8) is 0 Å². The zero-order valence-corrected chi connectivity index (χ0v) is 16.4. The van der Waals surface area contributed by atoms with E-state index in [1.54, 1.807) is 16.9 Å². The molecule has 0 fully saturated rings. The van der Waals surface area contributed by atoms with E-state index in [4.69, 9.17) is 11.6 Å². The van der Waals surface area contributed by atoms with Crippen molar-refractivity contribution in [1.82, 2.24) is 25.4 Å². The second kappa shape index (κ2) is 10.4. The fraction of sp³-hybridized carbons (Fsp3) is 0.400. The van der Waals surface area contributed by atoms with Crippen LogP contribution in [0.15, 0.2) is 35.7 Å². The maximum Gasteiger partial charge on any atom is 0.191 e. The third-order valence-corrected chi connectivity index (χ3v) is 3.24. The molecular weight excluding hydrogens is 427 g/mol. The van der Waals surface area contributed by atoms with E-state index >= 15 is 0 Å². The summed E-state index contributed by atoms with van der Waals surface area (Å²) >= 11 is 5.78. The quantitative estimate of drug-likeness (QED) is 0.308. The number of aliphatic imine (C=N–C) groups is 1. The molecule has 126 valence electrons. The first-order valence-corrected chi connectivity index (χ1v) is 7.65. The number of nitrogens with one attached hydrogen (secondary N) is 2. The SMILES string of the molecule is CCNC(=NCc1cnn(C)c1)NCCc1ccc(Cl)nc1.I. The van der Waals surface area contributed by atoms with Gasteiger partial charge in [-0.15, -0.1) is 24.0 Å². The monoisotopic (exact) mass is 448 g/mol. The van der Waals surface area contributed by atoms with E-state index in [-0.39, 0.29) is 24.0 Å². The largest absolute Gasteiger partial charge is 0.357 e. The smallest absolute Gasteiger partial charge is 0.191 e. The summed E-state index contributed by atoms with van der Waals surface area (Å²) in [5.74, 6) is 0.799. The molecule has 2 rings (SSSR count). The van der Waals surface area contributed by atoms with Gasteiger partial charge >= 0.3 is 0 Å². The second-order valence-corrected chi connectivity index (χ2v) is 5.27. The Morgan fingerprint density at radius 1 is 1.26 bits per heavy atom. The lowest BCUT2D eigenvalue weighted by molar-refractivity contribution is 0.766. The minimum atomic E-state index is 0. The van der Waals surface area contributed by atoms with Gasteiger partial charge in [0.05, 0.1) is 12.7 Å². The maximum atomic E-state index is 5.78. The molecule has 2 aromatic heterocycles. The summed E-state index contributed by atoms with van der Waals surface area (Å²) in [6.45, 7) is 4.25. The molecule has 2 N–H and O–H groups in total. The second-order valence-electron chi connectivity index (χ2n) is 4.88. The molecule has 0 unspecified atom stereocenters. The number of halogens is 2. The average Bonchev–Trinajstić information content (AvgIpc) is 2.92. The van der Waals surface area contributed by atoms with Crippen LogP contribution in [0.1, 0.15) is 18.1 Å². The van der Waals surface area contributed by atoms with Crippen LogP contribution in [0.5, 0.6) is 0 Å². The van der Waals surface area contributed by atoms with Crippen LogP contribution < -0.4 is 10.6 Å². The topological polar surface area (TPSA) is 67.1 Å². The molecule has 0 spiro atoms. The number of hydrogen-bond acceptors (Lipinski definition) is 3. The summed E-state index contributed by atoms with van der Waals surface area (Å²) in [7, 11) is 1.90. The minimum absolute atomic E-state index is 0. The first kappa shape index (κ1) is 19.7. The number of rotatable bonds is 6. The predicted molar refractivity (Wildman–Crippen MR) is 104 cm³/mol. The summed E-state index contributed by atoms with van der Waals surface area (Å²) in [5.41, 5.74) is 2.22. The van der Waals surface area contributed by atoms with Crippen molar-refractivity contribution in [1.29, 1.82) is 0 Å². The molecule has 8 heteroatoms. The number of guanidine groups is 1. The Morgan fingerprint density at radius 3 is 2.70 bits per heavy atom. The number of hydrogen-bond donors (Lipinski definition) is 2. The van der Waals surface area contributed by atoms with Crippen LogP contribution in [0.4, 0.5) is 0 Å². The van der Waals surface area contributed by atoms with Gasteiger partial charge < -0.3 is 10.6 Å². The maximum absolute atomic E-state index is 5.78. The van der Waals surface area contributed by atoms with E-state index in [1.165, 1.54) is 0 Å². The molecule has 0 aliphatic heterocycles. The van der Waals surface area contributed by atoms with Gasteiger partial charge in [0.15, 0.2) is 5.96 Å². The molecule has 0 aromatic carbocycles. The summed E-state index contributed by atoms with van der Waals surface area (Å²) in [5, 5.41) is 11.2. The highest BCUT2D eigenvalue weighted by atomic mass is 127. The third-order valence-electron chi connectivity index (χ3n) is 3.02. The highest BCUT2D eigenvalue weighted by Gasteiger charge is 2.00. The zero-order valence-electron chi connectivity index (χ0n) is 13.3. The van der Waals surface area contributed by atoms with Crippen molar-refractivity contribution in [2.75, 3.05) is 13.1 Å². The highest BCUT2D eigenvalue weighted by Crippen LogP contribution is 2.05. The van der Waals surface area contributed by atoms with Gasteiger partial charge in [0.25, 0.3) is 0 Å². The van der Waals surface area contributed by atoms with Gasteiger partial charge in [-0.3, -0.25) is 4.68 Å². The van der Waals surface area contributed by atoms with Crippen LogP contribution in [0.25, 0.3) is 0 Å². The van der Waals surface area contributed by atoms with E-state index in [0.717, 1.165) is 36.6 Å². The fourth-order valence-electron chi connectivity index (χ4n) is 1.95. The molecule has 0 saturated heterocycles. The van der Waals surface area contributed by atoms with Gasteiger partial charge in [0, 0.05) is 38.1 Å². The van der Waals surface area contributed by atoms with Crippen LogP contribution >= 0.6 is 35.6 Å². The van der Waals surface area contributed by atoms with Crippen LogP contribution in [-0.4, -0.2) is 33.8 Å². The molecular formula is C15H22ClIN6. The highest BCUT2D eigenvalue weighted by molar-refractivity contribution is 14.0. The third kappa shape index (κ3) is 7.17. The van der Waals surface area contributed by atoms with Crippen molar-refractivity contribution >= 4 is 41.5 Å². The fourth-order valence-corrected chi connectivity index (χ4v) is 2.06. The molecule has 2 aromatic rings. The van der Waals surface area contributed by atoms with Crippen molar-refractivity contribution in [3.05, 3.63) is 47.0 Å². The molecule has 23 heavy (non-hydrogen) atoms. The lowest BCUT2D eigenvalue weighted by Crippen LogP contribution is -2.38. The minimum Gasteiger partial charge on any atom is -0.357 e. The molecule has 0 atom stereocenters. The standard InChI is InChI=1S/C15H21ClN6.HI/c1-3-17-15(20-9-13-10-21-22(2)11-13)18-7-6-12-4-5-14(16)19-8-12;/h4-5,8,10-11H,3,6-7,9H2,1-2H3,(H2,17,18,20);1H.